The van der Waals surface area contributed by atoms with Crippen LogP contribution in [0.4, 0.5) is 5.69 Å². The second kappa shape index (κ2) is 5.46. The number of rotatable bonds is 5. The molecular formula is C11H18N4O. The molecule has 0 aliphatic carbocycles. The van der Waals surface area contributed by atoms with Crippen molar-refractivity contribution in [2.45, 2.75) is 32.4 Å². The number of nitrogens with two attached hydrogens (primary N) is 2. The maximum Gasteiger partial charge on any atom is 0.267 e. The molecule has 0 spiro atoms. The van der Waals surface area contributed by atoms with Gasteiger partial charge in [-0.25, -0.2) is 0 Å². The lowest BCUT2D eigenvalue weighted by Gasteiger charge is -2.17. The molecule has 1 aromatic heterocycles. The Morgan fingerprint density at radius 3 is 2.81 bits per heavy atom. The van der Waals surface area contributed by atoms with Crippen molar-refractivity contribution in [1.29, 1.82) is 0 Å². The Kier molecular flexibility index (Phi) is 4.25. The fourth-order valence-corrected chi connectivity index (χ4v) is 1.56. The summed E-state index contributed by atoms with van der Waals surface area (Å²) in [5.41, 5.74) is 11.9. The van der Waals surface area contributed by atoms with Crippen molar-refractivity contribution in [1.82, 2.24) is 4.98 Å². The third kappa shape index (κ3) is 3.86. The lowest BCUT2D eigenvalue weighted by atomic mass is 10.1. The first-order chi connectivity index (χ1) is 7.49. The fraction of sp³-hybridized carbons (Fsp3) is 0.455. The number of nitrogens with one attached hydrogen (secondary N) is 1. The Morgan fingerprint density at radius 1 is 1.56 bits per heavy atom. The predicted molar refractivity (Wildman–Crippen MR) is 64.1 cm³/mol. The summed E-state index contributed by atoms with van der Waals surface area (Å²) >= 11 is 0. The minimum Gasteiger partial charge on any atom is -0.382 e. The number of anilines is 1. The summed E-state index contributed by atoms with van der Waals surface area (Å²) in [5, 5.41) is 3.24. The lowest BCUT2D eigenvalue weighted by molar-refractivity contribution is 0.0995. The van der Waals surface area contributed by atoms with Crippen molar-refractivity contribution in [2.24, 2.45) is 11.5 Å². The smallest absolute Gasteiger partial charge is 0.267 e. The number of hydrogen-bond donors (Lipinski definition) is 3. The average Bonchev–Trinajstić information content (AvgIpc) is 2.16. The minimum atomic E-state index is -0.525. The van der Waals surface area contributed by atoms with Gasteiger partial charge >= 0.3 is 0 Å². The van der Waals surface area contributed by atoms with Crippen LogP contribution in [-0.4, -0.2) is 23.0 Å². The van der Waals surface area contributed by atoms with Crippen LogP contribution < -0.4 is 16.8 Å². The van der Waals surface area contributed by atoms with Gasteiger partial charge in [0.25, 0.3) is 5.91 Å². The second-order valence-corrected chi connectivity index (χ2v) is 4.05. The minimum absolute atomic E-state index is 0.139. The molecule has 1 rings (SSSR count). The molecule has 1 heterocycles. The predicted octanol–water partition coefficient (Wildman–Crippen LogP) is 0.718. The van der Waals surface area contributed by atoms with E-state index >= 15 is 0 Å². The topological polar surface area (TPSA) is 94.0 Å². The van der Waals surface area contributed by atoms with Gasteiger partial charge in [-0.15, -0.1) is 0 Å². The highest BCUT2D eigenvalue weighted by Crippen LogP contribution is 2.10. The van der Waals surface area contributed by atoms with Crippen LogP contribution in [0.15, 0.2) is 18.3 Å². The first-order valence-corrected chi connectivity index (χ1v) is 5.27. The summed E-state index contributed by atoms with van der Waals surface area (Å²) in [6.07, 6.45) is 2.41. The molecule has 2 unspecified atom stereocenters. The highest BCUT2D eigenvalue weighted by atomic mass is 16.1. The first-order valence-electron chi connectivity index (χ1n) is 5.27. The number of aromatic nitrogens is 1. The molecule has 0 aliphatic rings. The van der Waals surface area contributed by atoms with Crippen molar-refractivity contribution >= 4 is 11.6 Å². The van der Waals surface area contributed by atoms with E-state index in [0.717, 1.165) is 12.1 Å². The zero-order valence-electron chi connectivity index (χ0n) is 9.60. The number of carbonyl (C=O) groups excluding carboxylic acids is 1. The summed E-state index contributed by atoms with van der Waals surface area (Å²) in [6.45, 7) is 3.99. The highest BCUT2D eigenvalue weighted by molar-refractivity contribution is 5.91. The van der Waals surface area contributed by atoms with Gasteiger partial charge in [0.05, 0.1) is 0 Å². The largest absolute Gasteiger partial charge is 0.382 e. The Hall–Kier alpha value is -1.62. The molecule has 16 heavy (non-hydrogen) atoms. The number of hydrogen-bond acceptors (Lipinski definition) is 4. The molecule has 5 nitrogen and oxygen atoms in total. The van der Waals surface area contributed by atoms with Gasteiger partial charge in [-0.05, 0) is 32.4 Å². The third-order valence-corrected chi connectivity index (χ3v) is 2.15. The molecule has 0 bridgehead atoms. The average molecular weight is 222 g/mol. The van der Waals surface area contributed by atoms with Crippen LogP contribution >= 0.6 is 0 Å². The summed E-state index contributed by atoms with van der Waals surface area (Å²) in [5.74, 6) is -0.525. The van der Waals surface area contributed by atoms with Crippen molar-refractivity contribution in [3.05, 3.63) is 24.0 Å². The van der Waals surface area contributed by atoms with E-state index in [1.807, 2.05) is 13.8 Å². The van der Waals surface area contributed by atoms with Gasteiger partial charge in [-0.2, -0.15) is 0 Å². The number of carbonyl (C=O) groups is 1. The van der Waals surface area contributed by atoms with Crippen LogP contribution in [0.2, 0.25) is 0 Å². The molecule has 0 saturated heterocycles. The maximum atomic E-state index is 10.9. The molecule has 0 saturated carbocycles. The molecule has 2 atom stereocenters. The lowest BCUT2D eigenvalue weighted by Crippen LogP contribution is -2.26. The van der Waals surface area contributed by atoms with Gasteiger partial charge in [-0.3, -0.25) is 9.78 Å². The molecule has 0 aliphatic heterocycles. The van der Waals surface area contributed by atoms with Crippen LogP contribution in [0.5, 0.6) is 0 Å². The normalized spacial score (nSPS) is 14.2. The summed E-state index contributed by atoms with van der Waals surface area (Å²) in [7, 11) is 0. The molecule has 5 N–H and O–H groups in total. The Labute approximate surface area is 95.2 Å². The Balaban J connectivity index is 2.66. The molecule has 0 aromatic carbocycles. The fourth-order valence-electron chi connectivity index (χ4n) is 1.56. The third-order valence-electron chi connectivity index (χ3n) is 2.15. The standard InChI is InChI=1S/C11H18N4O/c1-7(12)5-8(2)15-9-3-4-14-10(6-9)11(13)16/h3-4,6-8H,5,12H2,1-2H3,(H2,13,16)(H,14,15). The van der Waals surface area contributed by atoms with Gasteiger partial charge in [0.1, 0.15) is 5.69 Å². The van der Waals surface area contributed by atoms with Crippen LogP contribution in [0.3, 0.4) is 0 Å². The van der Waals surface area contributed by atoms with Gasteiger partial charge in [0.2, 0.25) is 0 Å². The molecule has 0 radical (unpaired) electrons. The summed E-state index contributed by atoms with van der Waals surface area (Å²) < 4.78 is 0. The first kappa shape index (κ1) is 12.4. The van der Waals surface area contributed by atoms with Crippen molar-refractivity contribution in [3.63, 3.8) is 0 Å². The van der Waals surface area contributed by atoms with Gasteiger partial charge in [-0.1, -0.05) is 0 Å². The summed E-state index contributed by atoms with van der Waals surface area (Å²) in [6, 6.07) is 3.81. The van der Waals surface area contributed by atoms with E-state index in [2.05, 4.69) is 10.3 Å². The van der Waals surface area contributed by atoms with Gasteiger partial charge < -0.3 is 16.8 Å². The van der Waals surface area contributed by atoms with E-state index in [1.165, 1.54) is 0 Å². The van der Waals surface area contributed by atoms with E-state index < -0.39 is 5.91 Å². The molecule has 88 valence electrons. The number of primary amides is 1. The molecule has 5 heteroatoms. The SMILES string of the molecule is CC(N)CC(C)Nc1ccnc(C(N)=O)c1. The highest BCUT2D eigenvalue weighted by Gasteiger charge is 2.07. The maximum absolute atomic E-state index is 10.9. The van der Waals surface area contributed by atoms with E-state index in [-0.39, 0.29) is 17.8 Å². The van der Waals surface area contributed by atoms with Crippen LogP contribution in [0.25, 0.3) is 0 Å². The van der Waals surface area contributed by atoms with Gasteiger partial charge in [0.15, 0.2) is 0 Å². The molecule has 0 fully saturated rings. The van der Waals surface area contributed by atoms with Crippen LogP contribution in [0.1, 0.15) is 30.8 Å². The second-order valence-electron chi connectivity index (χ2n) is 4.05. The van der Waals surface area contributed by atoms with Crippen molar-refractivity contribution in [2.75, 3.05) is 5.32 Å². The zero-order valence-corrected chi connectivity index (χ0v) is 9.60. The van der Waals surface area contributed by atoms with E-state index in [9.17, 15) is 4.79 Å². The Morgan fingerprint density at radius 2 is 2.25 bits per heavy atom. The molecule has 1 amide bonds. The van der Waals surface area contributed by atoms with E-state index in [1.54, 1.807) is 18.3 Å². The van der Waals surface area contributed by atoms with E-state index in [0.29, 0.717) is 0 Å². The number of pyridine rings is 1. The molecule has 1 aromatic rings. The molecular weight excluding hydrogens is 204 g/mol. The number of nitrogens with zero attached hydrogens (tertiary/aromatic N) is 1. The van der Waals surface area contributed by atoms with Crippen molar-refractivity contribution in [3.8, 4) is 0 Å². The van der Waals surface area contributed by atoms with E-state index in [4.69, 9.17) is 11.5 Å². The van der Waals surface area contributed by atoms with Crippen LogP contribution in [0, 0.1) is 0 Å². The number of amides is 1. The monoisotopic (exact) mass is 222 g/mol. The van der Waals surface area contributed by atoms with Crippen LogP contribution in [-0.2, 0) is 0 Å². The quantitative estimate of drug-likeness (QED) is 0.684. The van der Waals surface area contributed by atoms with Gasteiger partial charge in [0, 0.05) is 24.0 Å². The summed E-state index contributed by atoms with van der Waals surface area (Å²) in [4.78, 5) is 14.8. The zero-order chi connectivity index (χ0) is 12.1. The Bertz CT molecular complexity index is 365. The van der Waals surface area contributed by atoms with Crippen molar-refractivity contribution < 1.29 is 4.79 Å².